The van der Waals surface area contributed by atoms with E-state index in [1.165, 1.54) is 41.0 Å². The average Bonchev–Trinajstić information content (AvgIpc) is 3.60. The molecular weight excluding hydrogens is 646 g/mol. The Morgan fingerprint density at radius 2 is 1.72 bits per heavy atom. The van der Waals surface area contributed by atoms with Crippen molar-refractivity contribution in [3.05, 3.63) is 106 Å². The van der Waals surface area contributed by atoms with E-state index in [0.29, 0.717) is 76.5 Å². The van der Waals surface area contributed by atoms with Crippen molar-refractivity contribution in [2.24, 2.45) is 5.73 Å². The number of hydrogen-bond acceptors (Lipinski definition) is 8. The molecule has 10 nitrogen and oxygen atoms in total. The zero-order chi connectivity index (χ0) is 34.8. The smallest absolute Gasteiger partial charge is 0.268 e. The highest BCUT2D eigenvalue weighted by Gasteiger charge is 2.29. The first-order chi connectivity index (χ1) is 24.3. The summed E-state index contributed by atoms with van der Waals surface area (Å²) in [7, 11) is 1.55. The first-order valence-electron chi connectivity index (χ1n) is 16.6. The minimum absolute atomic E-state index is 0.0512. The van der Waals surface area contributed by atoms with E-state index in [1.807, 2.05) is 0 Å². The van der Waals surface area contributed by atoms with E-state index in [2.05, 4.69) is 9.88 Å². The quantitative estimate of drug-likeness (QED) is 0.173. The molecule has 3 aromatic carbocycles. The van der Waals surface area contributed by atoms with E-state index in [-0.39, 0.29) is 11.3 Å². The Bertz CT molecular complexity index is 2130. The third kappa shape index (κ3) is 6.51. The van der Waals surface area contributed by atoms with Crippen LogP contribution >= 0.6 is 0 Å². The molecule has 0 saturated carbocycles. The van der Waals surface area contributed by atoms with Gasteiger partial charge in [-0.3, -0.25) is 24.0 Å². The van der Waals surface area contributed by atoms with E-state index in [4.69, 9.17) is 24.7 Å². The lowest BCUT2D eigenvalue weighted by molar-refractivity contribution is 0.0357. The number of aromatic nitrogens is 2. The summed E-state index contributed by atoms with van der Waals surface area (Å²) >= 11 is 0. The average molecular weight is 683 g/mol. The van der Waals surface area contributed by atoms with Crippen LogP contribution < -0.4 is 25.5 Å². The van der Waals surface area contributed by atoms with Gasteiger partial charge in [0, 0.05) is 48.5 Å². The summed E-state index contributed by atoms with van der Waals surface area (Å²) in [4.78, 5) is 33.1. The van der Waals surface area contributed by atoms with Crippen molar-refractivity contribution in [1.29, 1.82) is 0 Å². The Labute approximate surface area is 287 Å². The number of carbonyl (C=O) groups is 1. The minimum atomic E-state index is -0.839. The molecule has 2 aromatic heterocycles. The Hall–Kier alpha value is -5.33. The molecule has 1 aliphatic heterocycles. The van der Waals surface area contributed by atoms with Gasteiger partial charge >= 0.3 is 0 Å². The van der Waals surface area contributed by atoms with Gasteiger partial charge in [0.1, 0.15) is 17.1 Å². The van der Waals surface area contributed by atoms with Crippen molar-refractivity contribution >= 4 is 16.8 Å². The van der Waals surface area contributed by atoms with Crippen LogP contribution in [0, 0.1) is 11.6 Å². The van der Waals surface area contributed by atoms with Crippen LogP contribution in [0.5, 0.6) is 23.0 Å². The summed E-state index contributed by atoms with van der Waals surface area (Å²) < 4.78 is 54.4. The maximum Gasteiger partial charge on any atom is 0.268 e. The first kappa shape index (κ1) is 33.2. The number of halogens is 2. The van der Waals surface area contributed by atoms with Crippen LogP contribution in [0.25, 0.3) is 27.8 Å². The number of nitrogens with zero attached hydrogens (tertiary/aromatic N) is 3. The van der Waals surface area contributed by atoms with Gasteiger partial charge in [0.2, 0.25) is 0 Å². The normalized spacial score (nSPS) is 14.5. The van der Waals surface area contributed by atoms with Crippen molar-refractivity contribution in [1.82, 2.24) is 14.5 Å². The minimum Gasteiger partial charge on any atom is -0.493 e. The molecule has 0 radical (unpaired) electrons. The summed E-state index contributed by atoms with van der Waals surface area (Å²) in [6.45, 7) is 4.73. The molecule has 12 heteroatoms. The number of ether oxygens (including phenoxy) is 4. The topological polar surface area (TPSA) is 118 Å². The van der Waals surface area contributed by atoms with Gasteiger partial charge in [0.05, 0.1) is 38.1 Å². The van der Waals surface area contributed by atoms with Gasteiger partial charge in [-0.2, -0.15) is 0 Å². The highest BCUT2D eigenvalue weighted by atomic mass is 19.1. The lowest BCUT2D eigenvalue weighted by Crippen LogP contribution is -2.37. The summed E-state index contributed by atoms with van der Waals surface area (Å²) in [5.41, 5.74) is 7.92. The standard InChI is InChI=1S/C38H36F2N4O6/c1-47-33-21-28-30(22-34(33)49-17-3-14-43-15-18-48-19-16-43)42-13-12-31(28)50-32-11-6-23(20-29(32)40)36-27-5-2-4-26(27)35(37(41)45)38(46)44(36)25-9-7-24(39)8-10-25/h6-13,20-22H,2-5,14-19H2,1H3,(H2,41,45). The summed E-state index contributed by atoms with van der Waals surface area (Å²) in [5, 5.41) is 0.596. The molecule has 0 unspecified atom stereocenters. The number of nitrogens with two attached hydrogens (primary N) is 1. The molecule has 258 valence electrons. The molecule has 1 saturated heterocycles. The number of carbonyl (C=O) groups excluding carboxylic acids is 1. The summed E-state index contributed by atoms with van der Waals surface area (Å²) in [6.07, 6.45) is 4.15. The second-order valence-electron chi connectivity index (χ2n) is 12.2. The van der Waals surface area contributed by atoms with Crippen LogP contribution in [0.1, 0.15) is 34.3 Å². The largest absolute Gasteiger partial charge is 0.493 e. The van der Waals surface area contributed by atoms with Gasteiger partial charge < -0.3 is 24.7 Å². The second kappa shape index (κ2) is 14.3. The van der Waals surface area contributed by atoms with Crippen molar-refractivity contribution in [2.75, 3.05) is 46.6 Å². The summed E-state index contributed by atoms with van der Waals surface area (Å²) in [5.74, 6) is -0.665. The number of hydrogen-bond donors (Lipinski definition) is 1. The molecule has 1 fully saturated rings. The molecule has 3 heterocycles. The molecule has 0 spiro atoms. The van der Waals surface area contributed by atoms with Crippen LogP contribution in [0.2, 0.25) is 0 Å². The zero-order valence-corrected chi connectivity index (χ0v) is 27.5. The fourth-order valence-electron chi connectivity index (χ4n) is 6.79. The highest BCUT2D eigenvalue weighted by molar-refractivity contribution is 5.95. The van der Waals surface area contributed by atoms with E-state index in [0.717, 1.165) is 44.8 Å². The third-order valence-corrected chi connectivity index (χ3v) is 9.17. The first-order valence-corrected chi connectivity index (χ1v) is 16.6. The summed E-state index contributed by atoms with van der Waals surface area (Å²) in [6, 6.07) is 14.9. The van der Waals surface area contributed by atoms with Gasteiger partial charge in [-0.05, 0) is 91.4 Å². The predicted molar refractivity (Wildman–Crippen MR) is 184 cm³/mol. The molecule has 7 rings (SSSR count). The van der Waals surface area contributed by atoms with Crippen LogP contribution in [0.3, 0.4) is 0 Å². The molecule has 1 aliphatic carbocycles. The number of methoxy groups -OCH3 is 1. The Morgan fingerprint density at radius 1 is 0.940 bits per heavy atom. The predicted octanol–water partition coefficient (Wildman–Crippen LogP) is 5.82. The van der Waals surface area contributed by atoms with Crippen LogP contribution in [0.15, 0.2) is 71.7 Å². The molecule has 50 heavy (non-hydrogen) atoms. The Kier molecular flexibility index (Phi) is 9.46. The molecular formula is C38H36F2N4O6. The maximum atomic E-state index is 16.0. The number of rotatable bonds is 11. The third-order valence-electron chi connectivity index (χ3n) is 9.17. The number of benzene rings is 3. The molecule has 5 aromatic rings. The lowest BCUT2D eigenvalue weighted by atomic mass is 9.97. The van der Waals surface area contributed by atoms with Crippen molar-refractivity contribution in [3.63, 3.8) is 0 Å². The SMILES string of the molecule is COc1cc2c(Oc3ccc(-c4c5c(c(C(N)=O)c(=O)n4-c4ccc(F)cc4)CCC5)cc3F)ccnc2cc1OCCCN1CCOCC1. The van der Waals surface area contributed by atoms with E-state index in [1.54, 1.807) is 37.6 Å². The van der Waals surface area contributed by atoms with E-state index in [9.17, 15) is 14.0 Å². The van der Waals surface area contributed by atoms with E-state index < -0.39 is 23.1 Å². The van der Waals surface area contributed by atoms with Gasteiger partial charge in [-0.15, -0.1) is 0 Å². The van der Waals surface area contributed by atoms with Crippen molar-refractivity contribution in [2.45, 2.75) is 25.7 Å². The fraction of sp³-hybridized carbons (Fsp3) is 0.289. The zero-order valence-electron chi connectivity index (χ0n) is 27.5. The monoisotopic (exact) mass is 682 g/mol. The van der Waals surface area contributed by atoms with Crippen molar-refractivity contribution < 1.29 is 32.5 Å². The molecule has 2 aliphatic rings. The van der Waals surface area contributed by atoms with Crippen molar-refractivity contribution in [3.8, 4) is 39.9 Å². The Morgan fingerprint density at radius 3 is 2.46 bits per heavy atom. The van der Waals surface area contributed by atoms with E-state index >= 15 is 4.39 Å². The molecule has 0 atom stereocenters. The number of morpholine rings is 1. The molecule has 1 amide bonds. The Balaban J connectivity index is 1.19. The number of primary amides is 1. The van der Waals surface area contributed by atoms with Gasteiger partial charge in [0.15, 0.2) is 23.1 Å². The number of fused-ring (bicyclic) bond motifs is 2. The number of amides is 1. The maximum absolute atomic E-state index is 16.0. The van der Waals surface area contributed by atoms with Crippen LogP contribution in [-0.2, 0) is 17.6 Å². The molecule has 2 N–H and O–H groups in total. The highest BCUT2D eigenvalue weighted by Crippen LogP contribution is 2.40. The van der Waals surface area contributed by atoms with Crippen LogP contribution in [0.4, 0.5) is 8.78 Å². The number of pyridine rings is 2. The lowest BCUT2D eigenvalue weighted by Gasteiger charge is -2.26. The van der Waals surface area contributed by atoms with Gasteiger partial charge in [-0.25, -0.2) is 8.78 Å². The van der Waals surface area contributed by atoms with Gasteiger partial charge in [-0.1, -0.05) is 0 Å². The van der Waals surface area contributed by atoms with Gasteiger partial charge in [0.25, 0.3) is 11.5 Å². The fourth-order valence-corrected chi connectivity index (χ4v) is 6.79. The second-order valence-corrected chi connectivity index (χ2v) is 12.2. The molecule has 0 bridgehead atoms. The van der Waals surface area contributed by atoms with Crippen LogP contribution in [-0.4, -0.2) is 66.9 Å².